The van der Waals surface area contributed by atoms with Crippen LogP contribution in [0.25, 0.3) is 27.8 Å². The predicted octanol–water partition coefficient (Wildman–Crippen LogP) is 2.99. The highest BCUT2D eigenvalue weighted by molar-refractivity contribution is 5.85. The summed E-state index contributed by atoms with van der Waals surface area (Å²) in [4.78, 5) is 19.2. The number of imidazole rings is 1. The van der Waals surface area contributed by atoms with Crippen molar-refractivity contribution < 1.29 is 4.74 Å². The van der Waals surface area contributed by atoms with Crippen LogP contribution in [-0.2, 0) is 4.74 Å². The lowest BCUT2D eigenvalue weighted by Gasteiger charge is -2.46. The fourth-order valence-electron chi connectivity index (χ4n) is 6.23. The largest absolute Gasteiger partial charge is 0.381 e. The van der Waals surface area contributed by atoms with E-state index in [-0.39, 0.29) is 0 Å². The van der Waals surface area contributed by atoms with E-state index in [9.17, 15) is 0 Å². The summed E-state index contributed by atoms with van der Waals surface area (Å²) in [6.45, 7) is 8.37. The molecule has 0 unspecified atom stereocenters. The molecule has 1 aliphatic carbocycles. The van der Waals surface area contributed by atoms with E-state index in [1.54, 1.807) is 0 Å². The van der Waals surface area contributed by atoms with Crippen molar-refractivity contribution in [3.63, 3.8) is 0 Å². The molecular weight excluding hydrogens is 466 g/mol. The van der Waals surface area contributed by atoms with Crippen molar-refractivity contribution in [2.75, 3.05) is 51.8 Å². The Morgan fingerprint density at radius 1 is 0.973 bits per heavy atom. The van der Waals surface area contributed by atoms with Gasteiger partial charge in [0.05, 0.1) is 17.2 Å². The number of nitrogens with zero attached hydrogens (tertiary/aromatic N) is 8. The van der Waals surface area contributed by atoms with Crippen LogP contribution in [0.15, 0.2) is 30.7 Å². The number of ether oxygens (including phenoxy) is 1. The lowest BCUT2D eigenvalue weighted by molar-refractivity contribution is 0.0656. The van der Waals surface area contributed by atoms with Crippen molar-refractivity contribution in [1.82, 2.24) is 38.9 Å². The second kappa shape index (κ2) is 9.34. The van der Waals surface area contributed by atoms with Gasteiger partial charge >= 0.3 is 0 Å². The van der Waals surface area contributed by atoms with Crippen molar-refractivity contribution in [2.45, 2.75) is 50.7 Å². The smallest absolute Gasteiger partial charge is 0.241 e. The molecule has 4 aromatic heterocycles. The Morgan fingerprint density at radius 2 is 1.78 bits per heavy atom. The SMILES string of the molecule is Cc1nc2ncc(-c3ccn4nc(NC5CC(N6CCN(C)CC6)C5)ncc34)cc2n1C1CCOCC1. The Bertz CT molecular complexity index is 1410. The molecule has 2 aliphatic heterocycles. The summed E-state index contributed by atoms with van der Waals surface area (Å²) in [5.41, 5.74) is 5.00. The number of fused-ring (bicyclic) bond motifs is 2. The molecule has 10 nitrogen and oxygen atoms in total. The van der Waals surface area contributed by atoms with Crippen molar-refractivity contribution >= 4 is 22.6 Å². The van der Waals surface area contributed by atoms with Crippen molar-refractivity contribution in [3.05, 3.63) is 36.5 Å². The van der Waals surface area contributed by atoms with Gasteiger partial charge in [0.25, 0.3) is 0 Å². The fourth-order valence-corrected chi connectivity index (χ4v) is 6.23. The first-order valence-electron chi connectivity index (χ1n) is 13.6. The highest BCUT2D eigenvalue weighted by Gasteiger charge is 2.35. The van der Waals surface area contributed by atoms with Crippen LogP contribution in [0.2, 0.25) is 0 Å². The van der Waals surface area contributed by atoms with E-state index in [1.807, 2.05) is 23.1 Å². The summed E-state index contributed by atoms with van der Waals surface area (Å²) < 4.78 is 9.86. The van der Waals surface area contributed by atoms with Gasteiger partial charge in [-0.05, 0) is 51.8 Å². The van der Waals surface area contributed by atoms with Crippen molar-refractivity contribution in [2.24, 2.45) is 0 Å². The third kappa shape index (κ3) is 4.26. The lowest BCUT2D eigenvalue weighted by Crippen LogP contribution is -2.55. The molecule has 37 heavy (non-hydrogen) atoms. The van der Waals surface area contributed by atoms with E-state index in [4.69, 9.17) is 19.8 Å². The second-order valence-corrected chi connectivity index (χ2v) is 10.9. The van der Waals surface area contributed by atoms with E-state index < -0.39 is 0 Å². The summed E-state index contributed by atoms with van der Waals surface area (Å²) in [5, 5.41) is 8.32. The summed E-state index contributed by atoms with van der Waals surface area (Å²) in [5.74, 6) is 1.71. The monoisotopic (exact) mass is 501 g/mol. The normalized spacial score (nSPS) is 24.1. The van der Waals surface area contributed by atoms with E-state index >= 15 is 0 Å². The molecule has 0 amide bonds. The number of nitrogens with one attached hydrogen (secondary N) is 1. The number of anilines is 1. The number of rotatable bonds is 5. The maximum Gasteiger partial charge on any atom is 0.241 e. The number of piperazine rings is 1. The highest BCUT2D eigenvalue weighted by atomic mass is 16.5. The molecule has 0 spiro atoms. The predicted molar refractivity (Wildman–Crippen MR) is 143 cm³/mol. The van der Waals surface area contributed by atoms with Crippen LogP contribution >= 0.6 is 0 Å². The maximum atomic E-state index is 5.59. The van der Waals surface area contributed by atoms with Crippen LogP contribution in [0.1, 0.15) is 37.5 Å². The average Bonchev–Trinajstić information content (AvgIpc) is 3.46. The van der Waals surface area contributed by atoms with Gasteiger partial charge in [0, 0.05) is 81.0 Å². The van der Waals surface area contributed by atoms with Crippen LogP contribution in [0.3, 0.4) is 0 Å². The topological polar surface area (TPSA) is 88.6 Å². The van der Waals surface area contributed by atoms with Gasteiger partial charge in [0.2, 0.25) is 5.95 Å². The summed E-state index contributed by atoms with van der Waals surface area (Å²) in [7, 11) is 2.21. The quantitative estimate of drug-likeness (QED) is 0.447. The molecular formula is C27H35N9O. The molecule has 4 aromatic rings. The third-order valence-corrected chi connectivity index (χ3v) is 8.51. The summed E-state index contributed by atoms with van der Waals surface area (Å²) in [6, 6.07) is 5.85. The molecule has 0 radical (unpaired) electrons. The summed E-state index contributed by atoms with van der Waals surface area (Å²) >= 11 is 0. The average molecular weight is 502 g/mol. The van der Waals surface area contributed by atoms with Gasteiger partial charge in [-0.3, -0.25) is 4.90 Å². The van der Waals surface area contributed by atoms with E-state index in [0.29, 0.717) is 24.1 Å². The molecule has 10 heteroatoms. The molecule has 2 saturated heterocycles. The minimum absolute atomic E-state index is 0.404. The lowest BCUT2D eigenvalue weighted by atomic mass is 9.85. The molecule has 0 aromatic carbocycles. The molecule has 194 valence electrons. The number of aromatic nitrogens is 6. The van der Waals surface area contributed by atoms with Gasteiger partial charge in [-0.1, -0.05) is 0 Å². The minimum Gasteiger partial charge on any atom is -0.381 e. The molecule has 3 fully saturated rings. The number of hydrogen-bond donors (Lipinski definition) is 1. The van der Waals surface area contributed by atoms with Crippen molar-refractivity contribution in [1.29, 1.82) is 0 Å². The molecule has 7 rings (SSSR count). The minimum atomic E-state index is 0.404. The zero-order valence-corrected chi connectivity index (χ0v) is 21.7. The molecule has 0 atom stereocenters. The van der Waals surface area contributed by atoms with E-state index in [2.05, 4.69) is 50.8 Å². The van der Waals surface area contributed by atoms with Gasteiger partial charge in [0.15, 0.2) is 5.65 Å². The van der Waals surface area contributed by atoms with E-state index in [1.165, 1.54) is 26.2 Å². The van der Waals surface area contributed by atoms with Crippen LogP contribution in [-0.4, -0.2) is 97.5 Å². The first kappa shape index (κ1) is 23.1. The van der Waals surface area contributed by atoms with Gasteiger partial charge in [-0.2, -0.15) is 0 Å². The number of pyridine rings is 1. The molecule has 1 saturated carbocycles. The Balaban J connectivity index is 1.09. The molecule has 0 bridgehead atoms. The van der Waals surface area contributed by atoms with Gasteiger partial charge < -0.3 is 19.5 Å². The molecule has 1 N–H and O–H groups in total. The first-order chi connectivity index (χ1) is 18.1. The maximum absolute atomic E-state index is 5.59. The Kier molecular flexibility index (Phi) is 5.82. The van der Waals surface area contributed by atoms with Gasteiger partial charge in [-0.15, -0.1) is 5.10 Å². The Morgan fingerprint density at radius 3 is 2.59 bits per heavy atom. The highest BCUT2D eigenvalue weighted by Crippen LogP contribution is 2.32. The van der Waals surface area contributed by atoms with Crippen LogP contribution in [0.4, 0.5) is 5.95 Å². The number of aryl methyl sites for hydroxylation is 1. The zero-order valence-electron chi connectivity index (χ0n) is 21.7. The van der Waals surface area contributed by atoms with Crippen molar-refractivity contribution in [3.8, 4) is 11.1 Å². The fraction of sp³-hybridized carbons (Fsp3) is 0.556. The van der Waals surface area contributed by atoms with E-state index in [0.717, 1.165) is 72.5 Å². The first-order valence-corrected chi connectivity index (χ1v) is 13.6. The summed E-state index contributed by atoms with van der Waals surface area (Å²) in [6.07, 6.45) is 10.2. The number of hydrogen-bond acceptors (Lipinski definition) is 8. The molecule has 3 aliphatic rings. The molecule has 6 heterocycles. The Hall–Kier alpha value is -3.08. The Labute approximate surface area is 216 Å². The zero-order chi connectivity index (χ0) is 24.9. The second-order valence-electron chi connectivity index (χ2n) is 10.9. The standard InChI is InChI=1S/C27H35N9O/c1-18-30-26-24(36(18)21-4-11-37-12-5-21)13-19(16-28-26)23-3-6-35-25(23)17-29-27(32-35)31-20-14-22(15-20)34-9-7-33(2)8-10-34/h3,6,13,16-17,20-22H,4-5,7-12,14-15H2,1-2H3,(H,31,32). The van der Waals surface area contributed by atoms with Crippen LogP contribution in [0.5, 0.6) is 0 Å². The number of likely N-dealkylation sites (N-methyl/N-ethyl adjacent to an activating group) is 1. The van der Waals surface area contributed by atoms with Gasteiger partial charge in [-0.25, -0.2) is 19.5 Å². The third-order valence-electron chi connectivity index (χ3n) is 8.51. The van der Waals surface area contributed by atoms with Gasteiger partial charge in [0.1, 0.15) is 5.82 Å². The van der Waals surface area contributed by atoms with Crippen LogP contribution in [0, 0.1) is 6.92 Å². The van der Waals surface area contributed by atoms with Crippen LogP contribution < -0.4 is 5.32 Å².